The van der Waals surface area contributed by atoms with Crippen molar-refractivity contribution in [2.75, 3.05) is 26.8 Å². The highest BCUT2D eigenvalue weighted by Gasteiger charge is 2.39. The van der Waals surface area contributed by atoms with E-state index in [4.69, 9.17) is 14.3 Å². The van der Waals surface area contributed by atoms with Crippen molar-refractivity contribution < 1.29 is 33.5 Å². The van der Waals surface area contributed by atoms with Crippen LogP contribution in [0.2, 0.25) is 0 Å². The number of imide groups is 1. The third kappa shape index (κ3) is 5.04. The molecule has 1 aliphatic heterocycles. The molecule has 146 valence electrons. The zero-order valence-corrected chi connectivity index (χ0v) is 15.7. The topological polar surface area (TPSA) is 102 Å². The molecule has 0 aromatic heterocycles. The summed E-state index contributed by atoms with van der Waals surface area (Å²) in [7, 11) is 1.45. The molecule has 1 aliphatic rings. The first-order valence-electron chi connectivity index (χ1n) is 8.29. The minimum Gasteiger partial charge on any atom is -0.444 e. The van der Waals surface area contributed by atoms with Gasteiger partial charge in [0.15, 0.2) is 0 Å². The van der Waals surface area contributed by atoms with Crippen molar-refractivity contribution in [3.63, 3.8) is 0 Å². The van der Waals surface area contributed by atoms with Crippen LogP contribution in [0.15, 0.2) is 24.3 Å². The van der Waals surface area contributed by atoms with E-state index < -0.39 is 36.0 Å². The van der Waals surface area contributed by atoms with Crippen LogP contribution in [-0.4, -0.2) is 66.2 Å². The summed E-state index contributed by atoms with van der Waals surface area (Å²) in [6.07, 6.45) is -0.737. The van der Waals surface area contributed by atoms with Crippen LogP contribution in [0.25, 0.3) is 0 Å². The van der Waals surface area contributed by atoms with Gasteiger partial charge < -0.3 is 14.3 Å². The number of ether oxygens (including phenoxy) is 2. The molecule has 0 saturated carbocycles. The molecule has 1 aromatic rings. The maximum Gasteiger partial charge on any atom is 0.410 e. The highest BCUT2D eigenvalue weighted by atomic mass is 16.7. The third-order valence-corrected chi connectivity index (χ3v) is 3.49. The third-order valence-electron chi connectivity index (χ3n) is 3.49. The van der Waals surface area contributed by atoms with Crippen molar-refractivity contribution in [3.05, 3.63) is 35.4 Å². The zero-order chi connectivity index (χ0) is 20.2. The number of amides is 3. The first-order chi connectivity index (χ1) is 12.6. The number of carbonyl (C=O) groups is 4. The number of carbonyl (C=O) groups excluding carboxylic acids is 4. The molecule has 0 fully saturated rings. The number of fused-ring (bicyclic) bond motifs is 1. The van der Waals surface area contributed by atoms with Gasteiger partial charge in [-0.15, -0.1) is 0 Å². The second-order valence-electron chi connectivity index (χ2n) is 6.81. The SMILES string of the molecule is COCCN(CC(=O)ON1C(=O)c2ccccc2C1=O)C(=O)OC(C)(C)C. The van der Waals surface area contributed by atoms with Gasteiger partial charge in [-0.05, 0) is 32.9 Å². The molecule has 1 heterocycles. The minimum absolute atomic E-state index is 0.0721. The zero-order valence-electron chi connectivity index (χ0n) is 15.7. The van der Waals surface area contributed by atoms with Crippen LogP contribution in [0.3, 0.4) is 0 Å². The Morgan fingerprint density at radius 3 is 2.11 bits per heavy atom. The standard InChI is InChI=1S/C18H22N2O7/c1-18(2,3)26-17(24)19(9-10-25-4)11-14(21)27-20-15(22)12-7-5-6-8-13(12)16(20)23/h5-8H,9-11H2,1-4H3. The van der Waals surface area contributed by atoms with E-state index in [0.717, 1.165) is 4.90 Å². The lowest BCUT2D eigenvalue weighted by atomic mass is 10.1. The molecule has 9 heteroatoms. The van der Waals surface area contributed by atoms with E-state index in [1.54, 1.807) is 32.9 Å². The first kappa shape index (κ1) is 20.4. The van der Waals surface area contributed by atoms with Crippen molar-refractivity contribution in [2.45, 2.75) is 26.4 Å². The van der Waals surface area contributed by atoms with Crippen molar-refractivity contribution in [2.24, 2.45) is 0 Å². The van der Waals surface area contributed by atoms with Crippen LogP contribution < -0.4 is 0 Å². The lowest BCUT2D eigenvalue weighted by molar-refractivity contribution is -0.169. The van der Waals surface area contributed by atoms with Gasteiger partial charge in [-0.3, -0.25) is 14.5 Å². The molecule has 3 amide bonds. The van der Waals surface area contributed by atoms with Gasteiger partial charge in [0.2, 0.25) is 0 Å². The molecule has 0 aliphatic carbocycles. The molecule has 27 heavy (non-hydrogen) atoms. The Labute approximate surface area is 156 Å². The Hall–Kier alpha value is -2.94. The molecule has 0 saturated heterocycles. The van der Waals surface area contributed by atoms with Crippen molar-refractivity contribution >= 4 is 23.9 Å². The summed E-state index contributed by atoms with van der Waals surface area (Å²) in [6.45, 7) is 4.80. The highest BCUT2D eigenvalue weighted by Crippen LogP contribution is 2.22. The van der Waals surface area contributed by atoms with Gasteiger partial charge in [-0.2, -0.15) is 0 Å². The van der Waals surface area contributed by atoms with Crippen LogP contribution >= 0.6 is 0 Å². The fourth-order valence-electron chi connectivity index (χ4n) is 2.30. The Balaban J connectivity index is 2.04. The number of nitrogens with zero attached hydrogens (tertiary/aromatic N) is 2. The van der Waals surface area contributed by atoms with Crippen LogP contribution in [0.1, 0.15) is 41.5 Å². The molecule has 0 atom stereocenters. The summed E-state index contributed by atoms with van der Waals surface area (Å²) in [5.41, 5.74) is -0.452. The molecule has 2 rings (SSSR count). The minimum atomic E-state index is -0.952. The number of methoxy groups -OCH3 is 1. The maximum atomic E-state index is 12.2. The van der Waals surface area contributed by atoms with Crippen LogP contribution in [0.4, 0.5) is 4.79 Å². The molecule has 9 nitrogen and oxygen atoms in total. The summed E-state index contributed by atoms with van der Waals surface area (Å²) in [6, 6.07) is 6.14. The Morgan fingerprint density at radius 2 is 1.63 bits per heavy atom. The van der Waals surface area contributed by atoms with Gasteiger partial charge in [0.1, 0.15) is 12.1 Å². The normalized spacial score (nSPS) is 13.4. The fraction of sp³-hybridized carbons (Fsp3) is 0.444. The smallest absolute Gasteiger partial charge is 0.410 e. The second kappa shape index (κ2) is 8.17. The summed E-state index contributed by atoms with van der Waals surface area (Å²) in [5.74, 6) is -2.42. The van der Waals surface area contributed by atoms with Crippen molar-refractivity contribution in [1.29, 1.82) is 0 Å². The monoisotopic (exact) mass is 378 g/mol. The summed E-state index contributed by atoms with van der Waals surface area (Å²) in [5, 5.41) is 0.399. The van der Waals surface area contributed by atoms with Gasteiger partial charge in [-0.25, -0.2) is 9.59 Å². The lowest BCUT2D eigenvalue weighted by Crippen LogP contribution is -2.44. The summed E-state index contributed by atoms with van der Waals surface area (Å²) < 4.78 is 10.2. The van der Waals surface area contributed by atoms with E-state index in [1.807, 2.05) is 0 Å². The predicted octanol–water partition coefficient (Wildman–Crippen LogP) is 1.62. The van der Waals surface area contributed by atoms with Gasteiger partial charge in [0.05, 0.1) is 17.7 Å². The van der Waals surface area contributed by atoms with Gasteiger partial charge in [0.25, 0.3) is 11.8 Å². The van der Waals surface area contributed by atoms with E-state index in [0.29, 0.717) is 5.06 Å². The Morgan fingerprint density at radius 1 is 1.07 bits per heavy atom. The van der Waals surface area contributed by atoms with E-state index in [1.165, 1.54) is 19.2 Å². The number of hydroxylamine groups is 2. The Bertz CT molecular complexity index is 719. The maximum absolute atomic E-state index is 12.2. The molecular weight excluding hydrogens is 356 g/mol. The van der Waals surface area contributed by atoms with E-state index in [9.17, 15) is 19.2 Å². The number of hydrogen-bond acceptors (Lipinski definition) is 7. The number of rotatable bonds is 6. The second-order valence-corrected chi connectivity index (χ2v) is 6.81. The van der Waals surface area contributed by atoms with E-state index in [2.05, 4.69) is 0 Å². The Kier molecular flexibility index (Phi) is 6.17. The summed E-state index contributed by atoms with van der Waals surface area (Å²) in [4.78, 5) is 54.9. The van der Waals surface area contributed by atoms with Gasteiger partial charge in [-0.1, -0.05) is 17.2 Å². The predicted molar refractivity (Wildman–Crippen MR) is 92.7 cm³/mol. The van der Waals surface area contributed by atoms with Crippen LogP contribution in [0, 0.1) is 0 Å². The molecular formula is C18H22N2O7. The highest BCUT2D eigenvalue weighted by molar-refractivity contribution is 6.20. The fourth-order valence-corrected chi connectivity index (χ4v) is 2.30. The van der Waals surface area contributed by atoms with E-state index >= 15 is 0 Å². The lowest BCUT2D eigenvalue weighted by Gasteiger charge is -2.26. The average molecular weight is 378 g/mol. The van der Waals surface area contributed by atoms with Gasteiger partial charge in [0, 0.05) is 13.7 Å². The molecule has 0 radical (unpaired) electrons. The van der Waals surface area contributed by atoms with Crippen molar-refractivity contribution in [3.8, 4) is 0 Å². The molecule has 0 N–H and O–H groups in total. The number of benzene rings is 1. The summed E-state index contributed by atoms with van der Waals surface area (Å²) >= 11 is 0. The molecule has 1 aromatic carbocycles. The first-order valence-corrected chi connectivity index (χ1v) is 8.29. The molecule has 0 bridgehead atoms. The average Bonchev–Trinajstić information content (AvgIpc) is 2.82. The van der Waals surface area contributed by atoms with Crippen molar-refractivity contribution in [1.82, 2.24) is 9.96 Å². The van der Waals surface area contributed by atoms with Crippen LogP contribution in [0.5, 0.6) is 0 Å². The van der Waals surface area contributed by atoms with E-state index in [-0.39, 0.29) is 24.3 Å². The molecule has 0 unspecified atom stereocenters. The van der Waals surface area contributed by atoms with Crippen LogP contribution in [-0.2, 0) is 19.1 Å². The number of hydrogen-bond donors (Lipinski definition) is 0. The van der Waals surface area contributed by atoms with Gasteiger partial charge >= 0.3 is 12.1 Å². The quantitative estimate of drug-likeness (QED) is 0.693. The largest absolute Gasteiger partial charge is 0.444 e. The molecule has 0 spiro atoms.